The normalized spacial score (nSPS) is 12.8. The molecule has 0 amide bonds. The van der Waals surface area contributed by atoms with Gasteiger partial charge in [0.1, 0.15) is 0 Å². The van der Waals surface area contributed by atoms with Crippen molar-refractivity contribution < 1.29 is 0 Å². The predicted octanol–water partition coefficient (Wildman–Crippen LogP) is 10.5. The Kier molecular flexibility index (Phi) is 6.46. The Morgan fingerprint density at radius 3 is 1.78 bits per heavy atom. The van der Waals surface area contributed by atoms with Crippen LogP contribution in [0.25, 0.3) is 67.3 Å². The fourth-order valence-electron chi connectivity index (χ4n) is 6.58. The van der Waals surface area contributed by atoms with Crippen molar-refractivity contribution in [3.63, 3.8) is 0 Å². The molecule has 214 valence electrons. The van der Waals surface area contributed by atoms with Gasteiger partial charge in [-0.2, -0.15) is 0 Å². The lowest BCUT2D eigenvalue weighted by atomic mass is 9.81. The topological polar surface area (TPSA) is 38.7 Å². The van der Waals surface area contributed by atoms with Crippen molar-refractivity contribution in [3.8, 4) is 67.3 Å². The summed E-state index contributed by atoms with van der Waals surface area (Å²) < 4.78 is 0. The molecule has 0 saturated heterocycles. The number of aromatic nitrogens is 3. The summed E-state index contributed by atoms with van der Waals surface area (Å²) in [5.74, 6) is 0.704. The van der Waals surface area contributed by atoms with Crippen LogP contribution in [0.4, 0.5) is 0 Å². The van der Waals surface area contributed by atoms with Crippen molar-refractivity contribution in [3.05, 3.63) is 163 Å². The van der Waals surface area contributed by atoms with Crippen molar-refractivity contribution in [1.82, 2.24) is 15.0 Å². The molecule has 0 N–H and O–H groups in total. The summed E-state index contributed by atoms with van der Waals surface area (Å²) in [7, 11) is 0. The number of hydrogen-bond acceptors (Lipinski definition) is 3. The van der Waals surface area contributed by atoms with Crippen molar-refractivity contribution in [2.45, 2.75) is 19.3 Å². The maximum Gasteiger partial charge on any atom is 0.160 e. The Balaban J connectivity index is 1.21. The van der Waals surface area contributed by atoms with Crippen LogP contribution < -0.4 is 0 Å². The van der Waals surface area contributed by atoms with Crippen LogP contribution in [0.2, 0.25) is 0 Å². The zero-order valence-electron chi connectivity index (χ0n) is 25.3. The Labute approximate surface area is 264 Å². The van der Waals surface area contributed by atoms with Gasteiger partial charge in [0.25, 0.3) is 0 Å². The van der Waals surface area contributed by atoms with E-state index in [0.29, 0.717) is 5.82 Å². The molecule has 0 fully saturated rings. The van der Waals surface area contributed by atoms with Crippen LogP contribution in [0.15, 0.2) is 152 Å². The van der Waals surface area contributed by atoms with Crippen LogP contribution in [-0.4, -0.2) is 15.0 Å². The molecule has 1 aliphatic rings. The highest BCUT2D eigenvalue weighted by Crippen LogP contribution is 2.49. The van der Waals surface area contributed by atoms with Crippen molar-refractivity contribution in [2.24, 2.45) is 0 Å². The van der Waals surface area contributed by atoms with E-state index >= 15 is 0 Å². The van der Waals surface area contributed by atoms with Gasteiger partial charge in [0.2, 0.25) is 0 Å². The second kappa shape index (κ2) is 10.8. The first-order valence-corrected chi connectivity index (χ1v) is 15.4. The quantitative estimate of drug-likeness (QED) is 0.204. The van der Waals surface area contributed by atoms with Gasteiger partial charge >= 0.3 is 0 Å². The molecule has 0 bridgehead atoms. The number of hydrogen-bond donors (Lipinski definition) is 0. The monoisotopic (exact) mass is 577 g/mol. The molecule has 8 rings (SSSR count). The molecule has 0 spiro atoms. The maximum absolute atomic E-state index is 5.12. The van der Waals surface area contributed by atoms with Crippen LogP contribution in [0.5, 0.6) is 0 Å². The molecule has 7 aromatic rings. The average molecular weight is 578 g/mol. The van der Waals surface area contributed by atoms with Gasteiger partial charge in [-0.3, -0.25) is 4.98 Å². The van der Waals surface area contributed by atoms with E-state index in [2.05, 4.69) is 140 Å². The Hall–Kier alpha value is -5.67. The van der Waals surface area contributed by atoms with Gasteiger partial charge in [0.05, 0.1) is 11.4 Å². The first-order chi connectivity index (χ1) is 22.0. The number of fused-ring (bicyclic) bond motifs is 3. The van der Waals surface area contributed by atoms with Crippen LogP contribution in [0.3, 0.4) is 0 Å². The predicted molar refractivity (Wildman–Crippen MR) is 185 cm³/mol. The molecule has 3 heteroatoms. The standard InChI is InChI=1S/C42H31N3/c1-42(2)37-14-7-6-13-35(37)36-20-19-33(26-38(36)42)32-11-8-12-34(25-32)40-27-39(30-9-4-3-5-10-30)44-41(45-40)31-17-15-28(16-18-31)29-21-23-43-24-22-29/h3-27H,1-2H3. The zero-order valence-corrected chi connectivity index (χ0v) is 25.3. The third-order valence-electron chi connectivity index (χ3n) is 9.03. The summed E-state index contributed by atoms with van der Waals surface area (Å²) in [5, 5.41) is 0. The maximum atomic E-state index is 5.12. The summed E-state index contributed by atoms with van der Waals surface area (Å²) in [6.45, 7) is 4.66. The highest BCUT2D eigenvalue weighted by atomic mass is 14.9. The molecule has 0 unspecified atom stereocenters. The zero-order chi connectivity index (χ0) is 30.4. The van der Waals surface area contributed by atoms with E-state index in [0.717, 1.165) is 39.2 Å². The van der Waals surface area contributed by atoms with E-state index in [4.69, 9.17) is 9.97 Å². The SMILES string of the molecule is CC1(C)c2ccccc2-c2ccc(-c3cccc(-c4cc(-c5ccccc5)nc(-c5ccc(-c6ccncc6)cc5)n4)c3)cc21. The molecule has 45 heavy (non-hydrogen) atoms. The van der Waals surface area contributed by atoms with Crippen molar-refractivity contribution in [1.29, 1.82) is 0 Å². The highest BCUT2D eigenvalue weighted by Gasteiger charge is 2.35. The van der Waals surface area contributed by atoms with Crippen molar-refractivity contribution >= 4 is 0 Å². The summed E-state index contributed by atoms with van der Waals surface area (Å²) in [4.78, 5) is 14.3. The van der Waals surface area contributed by atoms with Crippen LogP contribution in [0, 0.1) is 0 Å². The first-order valence-electron chi connectivity index (χ1n) is 15.4. The minimum Gasteiger partial charge on any atom is -0.265 e. The van der Waals surface area contributed by atoms with Gasteiger partial charge in [-0.15, -0.1) is 0 Å². The third-order valence-corrected chi connectivity index (χ3v) is 9.03. The number of benzene rings is 5. The van der Waals surface area contributed by atoms with Crippen molar-refractivity contribution in [2.75, 3.05) is 0 Å². The van der Waals surface area contributed by atoms with Crippen LogP contribution >= 0.6 is 0 Å². The third kappa shape index (κ3) is 4.83. The van der Waals surface area contributed by atoms with E-state index in [1.165, 1.54) is 33.4 Å². The molecule has 5 aromatic carbocycles. The summed E-state index contributed by atoms with van der Waals surface area (Å²) in [6.07, 6.45) is 3.64. The highest BCUT2D eigenvalue weighted by molar-refractivity contribution is 5.84. The molecule has 0 saturated carbocycles. The molecule has 0 aliphatic heterocycles. The molecule has 2 aromatic heterocycles. The van der Waals surface area contributed by atoms with Gasteiger partial charge in [-0.05, 0) is 74.8 Å². The minimum atomic E-state index is -0.0430. The second-order valence-corrected chi connectivity index (χ2v) is 12.2. The van der Waals surface area contributed by atoms with E-state index in [1.54, 1.807) is 0 Å². The number of nitrogens with zero attached hydrogens (tertiary/aromatic N) is 3. The molecule has 1 aliphatic carbocycles. The Morgan fingerprint density at radius 1 is 0.400 bits per heavy atom. The van der Waals surface area contributed by atoms with E-state index in [1.807, 2.05) is 30.6 Å². The van der Waals surface area contributed by atoms with Gasteiger partial charge < -0.3 is 0 Å². The molecule has 2 heterocycles. The Bertz CT molecular complexity index is 2170. The van der Waals surface area contributed by atoms with Gasteiger partial charge in [0, 0.05) is 34.5 Å². The second-order valence-electron chi connectivity index (χ2n) is 12.2. The lowest BCUT2D eigenvalue weighted by molar-refractivity contribution is 0.660. The molecular weight excluding hydrogens is 546 g/mol. The number of pyridine rings is 1. The smallest absolute Gasteiger partial charge is 0.160 e. The van der Waals surface area contributed by atoms with E-state index in [9.17, 15) is 0 Å². The van der Waals surface area contributed by atoms with Gasteiger partial charge in [-0.1, -0.05) is 123 Å². The van der Waals surface area contributed by atoms with Gasteiger partial charge in [-0.25, -0.2) is 9.97 Å². The average Bonchev–Trinajstić information content (AvgIpc) is 3.34. The molecule has 3 nitrogen and oxygen atoms in total. The molecular formula is C42H31N3. The first kappa shape index (κ1) is 26.9. The lowest BCUT2D eigenvalue weighted by Crippen LogP contribution is -2.14. The van der Waals surface area contributed by atoms with Crippen LogP contribution in [-0.2, 0) is 5.41 Å². The summed E-state index contributed by atoms with van der Waals surface area (Å²) >= 11 is 0. The van der Waals surface area contributed by atoms with E-state index in [-0.39, 0.29) is 5.41 Å². The fraction of sp³-hybridized carbons (Fsp3) is 0.0714. The minimum absolute atomic E-state index is 0.0430. The summed E-state index contributed by atoms with van der Waals surface area (Å²) in [6, 6.07) is 49.3. The van der Waals surface area contributed by atoms with Gasteiger partial charge in [0.15, 0.2) is 5.82 Å². The fourth-order valence-corrected chi connectivity index (χ4v) is 6.58. The lowest BCUT2D eigenvalue weighted by Gasteiger charge is -2.22. The van der Waals surface area contributed by atoms with E-state index < -0.39 is 0 Å². The number of rotatable bonds is 5. The molecule has 0 atom stereocenters. The van der Waals surface area contributed by atoms with Crippen LogP contribution in [0.1, 0.15) is 25.0 Å². The molecule has 0 radical (unpaired) electrons. The largest absolute Gasteiger partial charge is 0.265 e. The Morgan fingerprint density at radius 2 is 0.978 bits per heavy atom. The summed E-state index contributed by atoms with van der Waals surface area (Å²) in [5.41, 5.74) is 14.9.